The minimum atomic E-state index is -0.423. The molecule has 4 nitrogen and oxygen atoms in total. The van der Waals surface area contributed by atoms with Gasteiger partial charge in [0, 0.05) is 23.6 Å². The number of ether oxygens (including phenoxy) is 1. The van der Waals surface area contributed by atoms with Crippen molar-refractivity contribution < 1.29 is 9.66 Å². The average molecular weight is 214 g/mol. The third-order valence-corrected chi connectivity index (χ3v) is 2.46. The van der Waals surface area contributed by atoms with Crippen LogP contribution in [-0.2, 0) is 11.2 Å². The van der Waals surface area contributed by atoms with Gasteiger partial charge in [0.15, 0.2) is 0 Å². The average Bonchev–Trinajstić information content (AvgIpc) is 2.92. The van der Waals surface area contributed by atoms with Crippen LogP contribution in [0.2, 0.25) is 5.02 Å². The van der Waals surface area contributed by atoms with Crippen LogP contribution in [0.4, 0.5) is 5.69 Å². The molecule has 0 radical (unpaired) electrons. The van der Waals surface area contributed by atoms with E-state index >= 15 is 0 Å². The maximum atomic E-state index is 10.5. The van der Waals surface area contributed by atoms with E-state index in [1.54, 1.807) is 6.07 Å². The zero-order valence-corrected chi connectivity index (χ0v) is 8.03. The second-order valence-corrected chi connectivity index (χ2v) is 3.60. The SMILES string of the molecule is O=[N+]([O-])c1ccc(Cl)c(CC2CO2)c1. The number of non-ortho nitro benzene ring substituents is 1. The number of nitro benzene ring substituents is 1. The minimum absolute atomic E-state index is 0.0741. The van der Waals surface area contributed by atoms with E-state index in [0.29, 0.717) is 11.4 Å². The van der Waals surface area contributed by atoms with Gasteiger partial charge in [-0.25, -0.2) is 0 Å². The number of nitrogens with zero attached hydrogens (tertiary/aromatic N) is 1. The Kier molecular flexibility index (Phi) is 2.39. The van der Waals surface area contributed by atoms with Crippen LogP contribution in [-0.4, -0.2) is 17.6 Å². The van der Waals surface area contributed by atoms with E-state index in [1.165, 1.54) is 12.1 Å². The summed E-state index contributed by atoms with van der Waals surface area (Å²) in [7, 11) is 0. The van der Waals surface area contributed by atoms with Gasteiger partial charge in [-0.15, -0.1) is 0 Å². The van der Waals surface area contributed by atoms with Crippen LogP contribution in [0.25, 0.3) is 0 Å². The van der Waals surface area contributed by atoms with Crippen molar-refractivity contribution in [3.8, 4) is 0 Å². The molecule has 1 unspecified atom stereocenters. The van der Waals surface area contributed by atoms with Crippen molar-refractivity contribution >= 4 is 17.3 Å². The molecule has 1 fully saturated rings. The normalized spacial score (nSPS) is 19.4. The van der Waals surface area contributed by atoms with Crippen molar-refractivity contribution in [2.75, 3.05) is 6.61 Å². The molecule has 1 aromatic rings. The highest BCUT2D eigenvalue weighted by Crippen LogP contribution is 2.26. The van der Waals surface area contributed by atoms with E-state index in [1.807, 2.05) is 0 Å². The maximum Gasteiger partial charge on any atom is 0.269 e. The van der Waals surface area contributed by atoms with Gasteiger partial charge in [-0.2, -0.15) is 0 Å². The molecule has 0 aromatic heterocycles. The molecule has 74 valence electrons. The molecule has 2 rings (SSSR count). The Labute approximate surface area is 85.6 Å². The quantitative estimate of drug-likeness (QED) is 0.439. The number of epoxide rings is 1. The van der Waals surface area contributed by atoms with E-state index in [2.05, 4.69) is 0 Å². The molecule has 1 aliphatic heterocycles. The molecule has 0 amide bonds. The Morgan fingerprint density at radius 2 is 2.36 bits per heavy atom. The number of hydrogen-bond donors (Lipinski definition) is 0. The second-order valence-electron chi connectivity index (χ2n) is 3.19. The third-order valence-electron chi connectivity index (χ3n) is 2.09. The number of benzene rings is 1. The molecule has 0 N–H and O–H groups in total. The molecule has 1 aromatic carbocycles. The highest BCUT2D eigenvalue weighted by Gasteiger charge is 2.24. The van der Waals surface area contributed by atoms with E-state index in [-0.39, 0.29) is 11.8 Å². The summed E-state index contributed by atoms with van der Waals surface area (Å²) in [5.74, 6) is 0. The first-order valence-corrected chi connectivity index (χ1v) is 4.59. The summed E-state index contributed by atoms with van der Waals surface area (Å²) in [6.07, 6.45) is 0.843. The van der Waals surface area contributed by atoms with Crippen LogP contribution in [0.3, 0.4) is 0 Å². The van der Waals surface area contributed by atoms with Crippen molar-refractivity contribution in [1.82, 2.24) is 0 Å². The summed E-state index contributed by atoms with van der Waals surface area (Å²) < 4.78 is 5.04. The highest BCUT2D eigenvalue weighted by atomic mass is 35.5. The summed E-state index contributed by atoms with van der Waals surface area (Å²) in [4.78, 5) is 10.1. The predicted octanol–water partition coefficient (Wildman–Crippen LogP) is 2.19. The molecule has 1 atom stereocenters. The van der Waals surface area contributed by atoms with Gasteiger partial charge in [-0.3, -0.25) is 10.1 Å². The van der Waals surface area contributed by atoms with Crippen molar-refractivity contribution in [3.05, 3.63) is 38.9 Å². The van der Waals surface area contributed by atoms with Crippen LogP contribution < -0.4 is 0 Å². The molecule has 0 spiro atoms. The third kappa shape index (κ3) is 2.02. The molecule has 1 heterocycles. The molecule has 0 aliphatic carbocycles. The molecule has 0 bridgehead atoms. The predicted molar refractivity (Wildman–Crippen MR) is 51.6 cm³/mol. The molecule has 5 heteroatoms. The van der Waals surface area contributed by atoms with Gasteiger partial charge >= 0.3 is 0 Å². The monoisotopic (exact) mass is 213 g/mol. The van der Waals surface area contributed by atoms with Crippen molar-refractivity contribution in [2.24, 2.45) is 0 Å². The van der Waals surface area contributed by atoms with Crippen LogP contribution in [0.5, 0.6) is 0 Å². The number of nitro groups is 1. The van der Waals surface area contributed by atoms with Gasteiger partial charge in [0.25, 0.3) is 5.69 Å². The van der Waals surface area contributed by atoms with Gasteiger partial charge in [-0.1, -0.05) is 11.6 Å². The Morgan fingerprint density at radius 1 is 1.64 bits per heavy atom. The molecular weight excluding hydrogens is 206 g/mol. The van der Waals surface area contributed by atoms with Crippen LogP contribution in [0, 0.1) is 10.1 Å². The van der Waals surface area contributed by atoms with Gasteiger partial charge < -0.3 is 4.74 Å². The van der Waals surface area contributed by atoms with Crippen LogP contribution in [0.15, 0.2) is 18.2 Å². The van der Waals surface area contributed by atoms with E-state index < -0.39 is 4.92 Å². The van der Waals surface area contributed by atoms with Crippen molar-refractivity contribution in [1.29, 1.82) is 0 Å². The van der Waals surface area contributed by atoms with E-state index in [9.17, 15) is 10.1 Å². The largest absolute Gasteiger partial charge is 0.373 e. The fourth-order valence-electron chi connectivity index (χ4n) is 1.26. The van der Waals surface area contributed by atoms with Gasteiger partial charge in [0.05, 0.1) is 17.6 Å². The van der Waals surface area contributed by atoms with Crippen molar-refractivity contribution in [3.63, 3.8) is 0 Å². The first-order valence-electron chi connectivity index (χ1n) is 4.21. The van der Waals surface area contributed by atoms with E-state index in [0.717, 1.165) is 12.2 Å². The number of halogens is 1. The highest BCUT2D eigenvalue weighted by molar-refractivity contribution is 6.31. The zero-order valence-electron chi connectivity index (χ0n) is 7.27. The lowest BCUT2D eigenvalue weighted by molar-refractivity contribution is -0.384. The van der Waals surface area contributed by atoms with Gasteiger partial charge in [0.1, 0.15) is 0 Å². The fraction of sp³-hybridized carbons (Fsp3) is 0.333. The first-order chi connectivity index (χ1) is 6.66. The first kappa shape index (κ1) is 9.43. The Hall–Kier alpha value is -1.13. The molecular formula is C9H8ClNO3. The summed E-state index contributed by atoms with van der Waals surface area (Å²) in [6, 6.07) is 4.46. The fourth-order valence-corrected chi connectivity index (χ4v) is 1.46. The lowest BCUT2D eigenvalue weighted by atomic mass is 10.1. The Balaban J connectivity index is 2.26. The lowest BCUT2D eigenvalue weighted by Crippen LogP contribution is -1.96. The number of hydrogen-bond acceptors (Lipinski definition) is 3. The maximum absolute atomic E-state index is 10.5. The van der Waals surface area contributed by atoms with Gasteiger partial charge in [-0.05, 0) is 11.6 Å². The molecule has 14 heavy (non-hydrogen) atoms. The smallest absolute Gasteiger partial charge is 0.269 e. The minimum Gasteiger partial charge on any atom is -0.373 e. The zero-order chi connectivity index (χ0) is 10.1. The van der Waals surface area contributed by atoms with Crippen molar-refractivity contribution in [2.45, 2.75) is 12.5 Å². The molecule has 0 saturated carbocycles. The number of rotatable bonds is 3. The molecule has 1 aliphatic rings. The summed E-state index contributed by atoms with van der Waals surface area (Å²) in [6.45, 7) is 0.721. The van der Waals surface area contributed by atoms with E-state index in [4.69, 9.17) is 16.3 Å². The van der Waals surface area contributed by atoms with Gasteiger partial charge in [0.2, 0.25) is 0 Å². The topological polar surface area (TPSA) is 55.7 Å². The standard InChI is InChI=1S/C9H8ClNO3/c10-9-2-1-7(11(12)13)3-6(9)4-8-5-14-8/h1-3,8H,4-5H2. The summed E-state index contributed by atoms with van der Waals surface area (Å²) in [5, 5.41) is 11.1. The molecule has 1 saturated heterocycles. The Morgan fingerprint density at radius 3 is 2.93 bits per heavy atom. The summed E-state index contributed by atoms with van der Waals surface area (Å²) in [5.41, 5.74) is 0.855. The van der Waals surface area contributed by atoms with Crippen LogP contribution in [0.1, 0.15) is 5.56 Å². The second kappa shape index (κ2) is 3.55. The van der Waals surface area contributed by atoms with Crippen LogP contribution >= 0.6 is 11.6 Å². The summed E-state index contributed by atoms with van der Waals surface area (Å²) >= 11 is 5.89. The lowest BCUT2D eigenvalue weighted by Gasteiger charge is -2.01. The Bertz CT molecular complexity index is 376.